The first-order valence-electron chi connectivity index (χ1n) is 9.50. The van der Waals surface area contributed by atoms with Crippen LogP contribution < -0.4 is 15.4 Å². The minimum atomic E-state index is -0.448. The summed E-state index contributed by atoms with van der Waals surface area (Å²) in [6, 6.07) is 9.52. The number of ether oxygens (including phenoxy) is 2. The number of hydrogen-bond acceptors (Lipinski definition) is 6. The summed E-state index contributed by atoms with van der Waals surface area (Å²) >= 11 is 0. The lowest BCUT2D eigenvalue weighted by atomic mass is 9.92. The Balaban J connectivity index is 1.58. The van der Waals surface area contributed by atoms with Crippen LogP contribution in [0, 0.1) is 23.2 Å². The van der Waals surface area contributed by atoms with E-state index in [9.17, 15) is 4.79 Å². The van der Waals surface area contributed by atoms with Gasteiger partial charge in [0.1, 0.15) is 12.4 Å². The van der Waals surface area contributed by atoms with Crippen LogP contribution in [-0.4, -0.2) is 63.5 Å². The number of piperidine rings is 1. The molecule has 1 aromatic carbocycles. The largest absolute Gasteiger partial charge is 0.491 e. The highest BCUT2D eigenvalue weighted by atomic mass is 16.5. The van der Waals surface area contributed by atoms with Crippen LogP contribution in [0.5, 0.6) is 5.75 Å². The van der Waals surface area contributed by atoms with E-state index < -0.39 is 6.09 Å². The third-order valence-electron chi connectivity index (χ3n) is 5.66. The minimum absolute atomic E-state index is 0.168. The standard InChI is InChI=1S/C20H28N4O3/c1-22-19-15-5-6-16(19)11-24(10-15)12-17(23-20(25)26-2)13-27-18-7-3-14(9-21)4-8-18/h3-4,7-8,15-17,19,22H,5-6,10-13H2,1-2H3,(H,23,25)/t15?,16?,17-,19?/m0/s1. The maximum atomic E-state index is 11.7. The van der Waals surface area contributed by atoms with Crippen molar-refractivity contribution in [2.45, 2.75) is 24.9 Å². The molecule has 2 unspecified atom stereocenters. The molecule has 0 aromatic heterocycles. The Morgan fingerprint density at radius 3 is 2.52 bits per heavy atom. The lowest BCUT2D eigenvalue weighted by molar-refractivity contribution is 0.106. The SMILES string of the molecule is CNC1C2CCC1CN(C[C@@H](COc1ccc(C#N)cc1)NC(=O)OC)C2. The molecule has 1 saturated carbocycles. The third kappa shape index (κ3) is 4.90. The van der Waals surface area contributed by atoms with Gasteiger partial charge in [-0.05, 0) is 56.0 Å². The normalized spacial score (nSPS) is 25.4. The van der Waals surface area contributed by atoms with E-state index in [1.54, 1.807) is 24.3 Å². The van der Waals surface area contributed by atoms with E-state index in [0.717, 1.165) is 19.6 Å². The summed E-state index contributed by atoms with van der Waals surface area (Å²) in [5.74, 6) is 2.03. The zero-order valence-electron chi connectivity index (χ0n) is 16.0. The number of nitrogens with one attached hydrogen (secondary N) is 2. The predicted molar refractivity (Wildman–Crippen MR) is 101 cm³/mol. The average molecular weight is 372 g/mol. The molecule has 2 N–H and O–H groups in total. The Hall–Kier alpha value is -2.30. The van der Waals surface area contributed by atoms with Crippen molar-refractivity contribution in [1.29, 1.82) is 5.26 Å². The zero-order valence-corrected chi connectivity index (χ0v) is 16.0. The first-order chi connectivity index (χ1) is 13.1. The molecule has 1 aromatic rings. The highest BCUT2D eigenvalue weighted by Crippen LogP contribution is 2.36. The van der Waals surface area contributed by atoms with Gasteiger partial charge in [-0.15, -0.1) is 0 Å². The Morgan fingerprint density at radius 2 is 1.96 bits per heavy atom. The van der Waals surface area contributed by atoms with E-state index in [-0.39, 0.29) is 6.04 Å². The van der Waals surface area contributed by atoms with Crippen LogP contribution in [0.15, 0.2) is 24.3 Å². The van der Waals surface area contributed by atoms with Crippen molar-refractivity contribution in [2.75, 3.05) is 40.4 Å². The topological polar surface area (TPSA) is 86.6 Å². The molecule has 3 rings (SSSR count). The fourth-order valence-electron chi connectivity index (χ4n) is 4.44. The average Bonchev–Trinajstić information content (AvgIpc) is 2.95. The van der Waals surface area contributed by atoms with Crippen molar-refractivity contribution in [3.05, 3.63) is 29.8 Å². The maximum absolute atomic E-state index is 11.7. The summed E-state index contributed by atoms with van der Waals surface area (Å²) in [6.45, 7) is 3.16. The molecule has 1 aliphatic carbocycles. The number of nitrogens with zero attached hydrogens (tertiary/aromatic N) is 2. The van der Waals surface area contributed by atoms with Crippen molar-refractivity contribution < 1.29 is 14.3 Å². The summed E-state index contributed by atoms with van der Waals surface area (Å²) in [7, 11) is 3.42. The number of rotatable bonds is 7. The molecule has 1 amide bonds. The highest BCUT2D eigenvalue weighted by Gasteiger charge is 2.41. The predicted octanol–water partition coefficient (Wildman–Crippen LogP) is 1.59. The van der Waals surface area contributed by atoms with Gasteiger partial charge in [0.2, 0.25) is 0 Å². The molecule has 0 radical (unpaired) electrons. The molecule has 2 aliphatic rings. The fraction of sp³-hybridized carbons (Fsp3) is 0.600. The van der Waals surface area contributed by atoms with Crippen LogP contribution in [0.2, 0.25) is 0 Å². The number of methoxy groups -OCH3 is 1. The Bertz CT molecular complexity index is 659. The van der Waals surface area contributed by atoms with Crippen molar-refractivity contribution in [2.24, 2.45) is 11.8 Å². The maximum Gasteiger partial charge on any atom is 0.407 e. The second-order valence-electron chi connectivity index (χ2n) is 7.41. The molecule has 0 spiro atoms. The molecule has 1 aliphatic heterocycles. The van der Waals surface area contributed by atoms with Gasteiger partial charge in [-0.3, -0.25) is 0 Å². The Labute approximate surface area is 160 Å². The molecule has 2 bridgehead atoms. The second-order valence-corrected chi connectivity index (χ2v) is 7.41. The van der Waals surface area contributed by atoms with E-state index in [0.29, 0.717) is 35.8 Å². The number of hydrogen-bond donors (Lipinski definition) is 2. The first kappa shape index (κ1) is 19.5. The van der Waals surface area contributed by atoms with Gasteiger partial charge >= 0.3 is 6.09 Å². The van der Waals surface area contributed by atoms with Crippen LogP contribution in [-0.2, 0) is 4.74 Å². The molecule has 1 heterocycles. The summed E-state index contributed by atoms with van der Waals surface area (Å²) in [5, 5.41) is 15.2. The zero-order chi connectivity index (χ0) is 19.2. The fourth-order valence-corrected chi connectivity index (χ4v) is 4.44. The lowest BCUT2D eigenvalue weighted by Gasteiger charge is -2.39. The van der Waals surface area contributed by atoms with Gasteiger partial charge in [0.15, 0.2) is 0 Å². The van der Waals surface area contributed by atoms with E-state index in [1.807, 2.05) is 0 Å². The second kappa shape index (κ2) is 9.07. The van der Waals surface area contributed by atoms with E-state index in [4.69, 9.17) is 14.7 Å². The molecule has 7 heteroatoms. The number of fused-ring (bicyclic) bond motifs is 2. The molecule has 1 saturated heterocycles. The smallest absolute Gasteiger partial charge is 0.407 e. The number of alkyl carbamates (subject to hydrolysis) is 1. The van der Waals surface area contributed by atoms with Crippen LogP contribution >= 0.6 is 0 Å². The van der Waals surface area contributed by atoms with E-state index in [2.05, 4.69) is 28.7 Å². The number of nitriles is 1. The molecular formula is C20H28N4O3. The molecule has 146 valence electrons. The minimum Gasteiger partial charge on any atom is -0.491 e. The summed E-state index contributed by atoms with van der Waals surface area (Å²) < 4.78 is 10.6. The third-order valence-corrected chi connectivity index (χ3v) is 5.66. The van der Waals surface area contributed by atoms with Crippen molar-refractivity contribution >= 4 is 6.09 Å². The van der Waals surface area contributed by atoms with Gasteiger partial charge < -0.3 is 25.0 Å². The monoisotopic (exact) mass is 372 g/mol. The molecule has 7 nitrogen and oxygen atoms in total. The van der Waals surface area contributed by atoms with Crippen LogP contribution in [0.25, 0.3) is 0 Å². The van der Waals surface area contributed by atoms with Crippen LogP contribution in [0.3, 0.4) is 0 Å². The Kier molecular flexibility index (Phi) is 6.54. The number of carbonyl (C=O) groups excluding carboxylic acids is 1. The van der Waals surface area contributed by atoms with Gasteiger partial charge in [-0.1, -0.05) is 0 Å². The Morgan fingerprint density at radius 1 is 1.30 bits per heavy atom. The van der Waals surface area contributed by atoms with Crippen LogP contribution in [0.4, 0.5) is 4.79 Å². The van der Waals surface area contributed by atoms with Crippen molar-refractivity contribution in [3.8, 4) is 11.8 Å². The summed E-state index contributed by atoms with van der Waals surface area (Å²) in [4.78, 5) is 14.2. The van der Waals surface area contributed by atoms with E-state index >= 15 is 0 Å². The summed E-state index contributed by atoms with van der Waals surface area (Å²) in [6.07, 6.45) is 2.09. The number of amides is 1. The van der Waals surface area contributed by atoms with Crippen molar-refractivity contribution in [1.82, 2.24) is 15.5 Å². The van der Waals surface area contributed by atoms with Crippen molar-refractivity contribution in [3.63, 3.8) is 0 Å². The number of carbonyl (C=O) groups is 1. The van der Waals surface area contributed by atoms with Gasteiger partial charge in [-0.2, -0.15) is 5.26 Å². The van der Waals surface area contributed by atoms with Crippen LogP contribution in [0.1, 0.15) is 18.4 Å². The lowest BCUT2D eigenvalue weighted by Crippen LogP contribution is -2.54. The van der Waals surface area contributed by atoms with Gasteiger partial charge in [0, 0.05) is 25.7 Å². The quantitative estimate of drug-likeness (QED) is 0.756. The highest BCUT2D eigenvalue weighted by molar-refractivity contribution is 5.67. The molecule has 3 atom stereocenters. The van der Waals surface area contributed by atoms with Gasteiger partial charge in [0.05, 0.1) is 24.8 Å². The van der Waals surface area contributed by atoms with E-state index in [1.165, 1.54) is 20.0 Å². The number of benzene rings is 1. The molecular weight excluding hydrogens is 344 g/mol. The van der Waals surface area contributed by atoms with Gasteiger partial charge in [-0.25, -0.2) is 4.79 Å². The van der Waals surface area contributed by atoms with Gasteiger partial charge in [0.25, 0.3) is 0 Å². The summed E-state index contributed by atoms with van der Waals surface area (Å²) in [5.41, 5.74) is 0.592. The molecule has 27 heavy (non-hydrogen) atoms. The first-order valence-corrected chi connectivity index (χ1v) is 9.50. The molecule has 2 fully saturated rings. The number of likely N-dealkylation sites (tertiary alicyclic amines) is 1.